The Kier molecular flexibility index (Phi) is 4.18. The van der Waals surface area contributed by atoms with Crippen LogP contribution in [0.2, 0.25) is 0 Å². The van der Waals surface area contributed by atoms with Gasteiger partial charge in [0.1, 0.15) is 4.60 Å². The predicted octanol–water partition coefficient (Wildman–Crippen LogP) is 1.36. The normalized spacial score (nSPS) is 25.8. The minimum Gasteiger partial charge on any atom is -0.478 e. The number of carboxylic acid groups (broad SMARTS) is 2. The van der Waals surface area contributed by atoms with E-state index in [4.69, 9.17) is 5.11 Å². The molecule has 8 heteroatoms. The van der Waals surface area contributed by atoms with Crippen molar-refractivity contribution in [1.29, 1.82) is 0 Å². The van der Waals surface area contributed by atoms with Crippen LogP contribution in [0.15, 0.2) is 35.1 Å². The van der Waals surface area contributed by atoms with Gasteiger partial charge in [-0.15, -0.1) is 0 Å². The molecule has 2 atom stereocenters. The molecule has 3 rings (SSSR count). The molecule has 0 saturated carbocycles. The average molecular weight is 394 g/mol. The highest BCUT2D eigenvalue weighted by Crippen LogP contribution is 2.48. The number of aromatic nitrogens is 1. The van der Waals surface area contributed by atoms with Gasteiger partial charge in [-0.2, -0.15) is 0 Å². The second-order valence-electron chi connectivity index (χ2n) is 5.91. The number of pyridine rings is 1. The van der Waals surface area contributed by atoms with Crippen molar-refractivity contribution >= 4 is 39.6 Å². The molecule has 0 radical (unpaired) electrons. The molecule has 2 saturated heterocycles. The average Bonchev–Trinajstić information content (AvgIpc) is 2.83. The number of carboxylic acids is 2. The topological polar surface area (TPSA) is 103 Å². The fourth-order valence-electron chi connectivity index (χ4n) is 3.54. The second-order valence-corrected chi connectivity index (χ2v) is 6.66. The number of hydrogen-bond donors (Lipinski definition) is 3. The summed E-state index contributed by atoms with van der Waals surface area (Å²) in [5.41, 5.74) is 0.939. The van der Waals surface area contributed by atoms with Crippen LogP contribution in [-0.2, 0) is 9.59 Å². The van der Waals surface area contributed by atoms with Crippen LogP contribution in [0.5, 0.6) is 0 Å². The van der Waals surface area contributed by atoms with Gasteiger partial charge in [-0.05, 0) is 22.0 Å². The van der Waals surface area contributed by atoms with E-state index in [1.165, 1.54) is 0 Å². The molecule has 24 heavy (non-hydrogen) atoms. The van der Waals surface area contributed by atoms with Crippen LogP contribution in [0.4, 0.5) is 5.69 Å². The molecule has 1 aromatic heterocycles. The van der Waals surface area contributed by atoms with Gasteiger partial charge >= 0.3 is 11.9 Å². The maximum Gasteiger partial charge on any atom is 0.332 e. The van der Waals surface area contributed by atoms with Gasteiger partial charge in [0.05, 0.1) is 28.9 Å². The van der Waals surface area contributed by atoms with Gasteiger partial charge in [-0.1, -0.05) is 12.7 Å². The summed E-state index contributed by atoms with van der Waals surface area (Å²) in [5.74, 6) is -2.43. The van der Waals surface area contributed by atoms with Crippen LogP contribution in [0.3, 0.4) is 0 Å². The minimum absolute atomic E-state index is 0.0599. The van der Waals surface area contributed by atoms with Crippen molar-refractivity contribution < 1.29 is 19.8 Å². The van der Waals surface area contributed by atoms with E-state index >= 15 is 0 Å². The molecule has 2 aliphatic heterocycles. The third kappa shape index (κ3) is 2.51. The number of fused-ring (bicyclic) bond motifs is 1. The van der Waals surface area contributed by atoms with Crippen molar-refractivity contribution in [2.24, 2.45) is 5.41 Å². The first-order chi connectivity index (χ1) is 11.4. The quantitative estimate of drug-likeness (QED) is 0.512. The van der Waals surface area contributed by atoms with E-state index in [9.17, 15) is 14.7 Å². The lowest BCUT2D eigenvalue weighted by Crippen LogP contribution is -2.66. The van der Waals surface area contributed by atoms with E-state index < -0.39 is 17.4 Å². The van der Waals surface area contributed by atoms with Gasteiger partial charge in [-0.3, -0.25) is 0 Å². The van der Waals surface area contributed by atoms with Gasteiger partial charge in [0.25, 0.3) is 0 Å². The molecule has 0 spiro atoms. The molecule has 7 nitrogen and oxygen atoms in total. The number of hydrogen-bond acceptors (Lipinski definition) is 5. The lowest BCUT2D eigenvalue weighted by molar-refractivity contribution is -0.136. The SMILES string of the molecule is C=Cc1cc(N2C[C@]3(/C(=C\C(=O)O)C(=O)O)CNC[C@H]23)cnc1Br. The van der Waals surface area contributed by atoms with E-state index in [2.05, 4.69) is 32.8 Å². The molecular weight excluding hydrogens is 378 g/mol. The van der Waals surface area contributed by atoms with E-state index in [1.54, 1.807) is 12.3 Å². The van der Waals surface area contributed by atoms with E-state index in [-0.39, 0.29) is 11.6 Å². The Morgan fingerprint density at radius 1 is 1.50 bits per heavy atom. The smallest absolute Gasteiger partial charge is 0.332 e. The monoisotopic (exact) mass is 393 g/mol. The Bertz CT molecular complexity index is 764. The molecule has 2 fully saturated rings. The van der Waals surface area contributed by atoms with Crippen LogP contribution >= 0.6 is 15.9 Å². The first-order valence-corrected chi connectivity index (χ1v) is 8.12. The summed E-state index contributed by atoms with van der Waals surface area (Å²) in [7, 11) is 0. The van der Waals surface area contributed by atoms with Crippen molar-refractivity contribution in [1.82, 2.24) is 10.3 Å². The van der Waals surface area contributed by atoms with Gasteiger partial charge in [0, 0.05) is 31.3 Å². The third-order valence-electron chi connectivity index (χ3n) is 4.68. The molecule has 0 aromatic carbocycles. The summed E-state index contributed by atoms with van der Waals surface area (Å²) in [6.45, 7) is 5.20. The van der Waals surface area contributed by atoms with Gasteiger partial charge in [-0.25, -0.2) is 14.6 Å². The summed E-state index contributed by atoms with van der Waals surface area (Å²) in [6, 6.07) is 1.80. The van der Waals surface area contributed by atoms with Gasteiger partial charge < -0.3 is 20.4 Å². The first-order valence-electron chi connectivity index (χ1n) is 7.33. The summed E-state index contributed by atoms with van der Waals surface area (Å²) in [6.07, 6.45) is 4.21. The van der Waals surface area contributed by atoms with Crippen LogP contribution < -0.4 is 10.2 Å². The van der Waals surface area contributed by atoms with E-state index in [0.717, 1.165) is 17.3 Å². The van der Waals surface area contributed by atoms with E-state index in [1.807, 2.05) is 11.0 Å². The predicted molar refractivity (Wildman–Crippen MR) is 91.8 cm³/mol. The van der Waals surface area contributed by atoms with Gasteiger partial charge in [0.15, 0.2) is 0 Å². The molecule has 0 aliphatic carbocycles. The number of carbonyl (C=O) groups is 2. The van der Waals surface area contributed by atoms with Crippen LogP contribution in [0.1, 0.15) is 5.56 Å². The fourth-order valence-corrected chi connectivity index (χ4v) is 3.92. The number of aliphatic carboxylic acids is 2. The maximum atomic E-state index is 11.6. The highest BCUT2D eigenvalue weighted by Gasteiger charge is 2.59. The number of anilines is 1. The third-order valence-corrected chi connectivity index (χ3v) is 5.35. The van der Waals surface area contributed by atoms with Crippen LogP contribution in [0, 0.1) is 5.41 Å². The summed E-state index contributed by atoms with van der Waals surface area (Å²) < 4.78 is 0.689. The molecular formula is C16H16BrN3O4. The highest BCUT2D eigenvalue weighted by atomic mass is 79.9. The van der Waals surface area contributed by atoms with Crippen molar-refractivity contribution in [2.45, 2.75) is 6.04 Å². The molecule has 0 bridgehead atoms. The zero-order valence-electron chi connectivity index (χ0n) is 12.7. The Morgan fingerprint density at radius 2 is 2.25 bits per heavy atom. The second kappa shape index (κ2) is 6.03. The Hall–Kier alpha value is -2.19. The molecule has 1 aromatic rings. The lowest BCUT2D eigenvalue weighted by Gasteiger charge is -2.54. The lowest BCUT2D eigenvalue weighted by atomic mass is 9.68. The molecule has 3 N–H and O–H groups in total. The number of rotatable bonds is 5. The van der Waals surface area contributed by atoms with Crippen LogP contribution in [-0.4, -0.2) is 52.8 Å². The molecule has 3 heterocycles. The zero-order valence-corrected chi connectivity index (χ0v) is 14.3. The zero-order chi connectivity index (χ0) is 17.5. The van der Waals surface area contributed by atoms with Crippen molar-refractivity contribution in [3.05, 3.63) is 40.7 Å². The molecule has 0 amide bonds. The molecule has 126 valence electrons. The standard InChI is InChI=1S/C16H16BrN3O4/c1-2-9-3-10(5-19-14(9)17)20-8-16(7-18-6-12(16)20)11(15(23)24)4-13(21)22/h2-5,12,18H,1,6-8H2,(H,21,22)(H,23,24)/b11-4-/t12-,16-/m0/s1. The number of nitrogens with zero attached hydrogens (tertiary/aromatic N) is 2. The highest BCUT2D eigenvalue weighted by molar-refractivity contribution is 9.10. The van der Waals surface area contributed by atoms with E-state index in [0.29, 0.717) is 24.2 Å². The van der Waals surface area contributed by atoms with Crippen molar-refractivity contribution in [3.63, 3.8) is 0 Å². The summed E-state index contributed by atoms with van der Waals surface area (Å²) in [4.78, 5) is 28.9. The molecule has 0 unspecified atom stereocenters. The van der Waals surface area contributed by atoms with Gasteiger partial charge in [0.2, 0.25) is 0 Å². The fraction of sp³-hybridized carbons (Fsp3) is 0.312. The number of nitrogens with one attached hydrogen (secondary N) is 1. The Morgan fingerprint density at radius 3 is 2.88 bits per heavy atom. The molecule has 2 aliphatic rings. The largest absolute Gasteiger partial charge is 0.478 e. The van der Waals surface area contributed by atoms with Crippen LogP contribution in [0.25, 0.3) is 6.08 Å². The summed E-state index contributed by atoms with van der Waals surface area (Å²) >= 11 is 3.35. The minimum atomic E-state index is -1.25. The Balaban J connectivity index is 1.94. The maximum absolute atomic E-state index is 11.6. The first kappa shape index (κ1) is 16.7. The van der Waals surface area contributed by atoms with Crippen molar-refractivity contribution in [3.8, 4) is 0 Å². The summed E-state index contributed by atoms with van der Waals surface area (Å²) in [5, 5.41) is 21.6. The Labute approximate surface area is 146 Å². The number of halogens is 1. The van der Waals surface area contributed by atoms with Crippen molar-refractivity contribution in [2.75, 3.05) is 24.5 Å².